The molecule has 1 amide bonds. The van der Waals surface area contributed by atoms with E-state index in [-0.39, 0.29) is 16.8 Å². The van der Waals surface area contributed by atoms with E-state index in [1.54, 1.807) is 31.1 Å². The van der Waals surface area contributed by atoms with Gasteiger partial charge in [-0.15, -0.1) is 0 Å². The minimum absolute atomic E-state index is 0.0118. The van der Waals surface area contributed by atoms with Crippen molar-refractivity contribution in [2.24, 2.45) is 5.14 Å². The molecule has 3 N–H and O–H groups in total. The molecule has 0 bridgehead atoms. The average molecular weight is 442 g/mol. The van der Waals surface area contributed by atoms with Crippen LogP contribution in [-0.4, -0.2) is 38.4 Å². The topological polar surface area (TPSA) is 122 Å². The van der Waals surface area contributed by atoms with Gasteiger partial charge < -0.3 is 15.1 Å². The molecule has 160 valence electrons. The summed E-state index contributed by atoms with van der Waals surface area (Å²) in [6.45, 7) is 0. The lowest BCUT2D eigenvalue weighted by molar-refractivity contribution is -0.120. The number of rotatable bonds is 4. The van der Waals surface area contributed by atoms with Gasteiger partial charge in [-0.05, 0) is 42.0 Å². The first-order chi connectivity index (χ1) is 14.6. The molecule has 0 radical (unpaired) electrons. The highest BCUT2D eigenvalue weighted by Gasteiger charge is 2.37. The zero-order chi connectivity index (χ0) is 22.3. The summed E-state index contributed by atoms with van der Waals surface area (Å²) in [5.74, 6) is 0.0633. The molecule has 2 aromatic carbocycles. The van der Waals surface area contributed by atoms with E-state index in [1.165, 1.54) is 47.5 Å². The van der Waals surface area contributed by atoms with Crippen LogP contribution in [-0.2, 0) is 14.8 Å². The van der Waals surface area contributed by atoms with Crippen LogP contribution in [0.4, 0.5) is 27.5 Å². The van der Waals surface area contributed by atoms with Crippen LogP contribution in [0.15, 0.2) is 59.6 Å². The maximum absolute atomic E-state index is 13.8. The fourth-order valence-electron chi connectivity index (χ4n) is 3.41. The number of benzene rings is 2. The van der Waals surface area contributed by atoms with E-state index in [9.17, 15) is 17.6 Å². The smallest absolute Gasteiger partial charge is 0.254 e. The Hall–Kier alpha value is -3.57. The fourth-order valence-corrected chi connectivity index (χ4v) is 3.93. The summed E-state index contributed by atoms with van der Waals surface area (Å²) in [5, 5.41) is 8.11. The van der Waals surface area contributed by atoms with Gasteiger partial charge in [0.05, 0.1) is 11.1 Å². The van der Waals surface area contributed by atoms with Gasteiger partial charge in [-0.25, -0.2) is 22.9 Å². The summed E-state index contributed by atoms with van der Waals surface area (Å²) in [7, 11) is -0.469. The molecule has 2 heterocycles. The number of nitrogens with zero attached hydrogens (tertiary/aromatic N) is 4. The number of anilines is 4. The first kappa shape index (κ1) is 20.7. The minimum atomic E-state index is -3.79. The van der Waals surface area contributed by atoms with Gasteiger partial charge in [-0.1, -0.05) is 12.1 Å². The van der Waals surface area contributed by atoms with E-state index < -0.39 is 21.9 Å². The number of sulfonamides is 1. The largest absolute Gasteiger partial charge is 0.342 e. The number of nitrogens with one attached hydrogen (secondary N) is 1. The zero-order valence-electron chi connectivity index (χ0n) is 16.7. The van der Waals surface area contributed by atoms with Crippen molar-refractivity contribution in [3.05, 3.63) is 66.1 Å². The lowest BCUT2D eigenvalue weighted by Gasteiger charge is -2.38. The highest BCUT2D eigenvalue weighted by Crippen LogP contribution is 2.39. The van der Waals surface area contributed by atoms with E-state index >= 15 is 0 Å². The number of amides is 1. The third-order valence-electron chi connectivity index (χ3n) is 5.00. The van der Waals surface area contributed by atoms with Gasteiger partial charge in [0.2, 0.25) is 16.0 Å². The number of carbonyl (C=O) groups is 1. The van der Waals surface area contributed by atoms with E-state index in [1.807, 2.05) is 0 Å². The van der Waals surface area contributed by atoms with Crippen LogP contribution in [0.25, 0.3) is 0 Å². The maximum Gasteiger partial charge on any atom is 0.254 e. The Morgan fingerprint density at radius 3 is 2.48 bits per heavy atom. The van der Waals surface area contributed by atoms with Gasteiger partial charge >= 0.3 is 0 Å². The fraction of sp³-hybridized carbons (Fsp3) is 0.150. The highest BCUT2D eigenvalue weighted by molar-refractivity contribution is 7.89. The molecule has 0 fully saturated rings. The molecular weight excluding hydrogens is 423 g/mol. The summed E-state index contributed by atoms with van der Waals surface area (Å²) in [6.07, 6.45) is 1.51. The van der Waals surface area contributed by atoms with Crippen molar-refractivity contribution < 1.29 is 17.6 Å². The molecule has 1 aliphatic rings. The Kier molecular flexibility index (Phi) is 5.07. The van der Waals surface area contributed by atoms with E-state index in [4.69, 9.17) is 5.14 Å². The molecule has 31 heavy (non-hydrogen) atoms. The summed E-state index contributed by atoms with van der Waals surface area (Å²) < 4.78 is 36.5. The number of fused-ring (bicyclic) bond motifs is 1. The van der Waals surface area contributed by atoms with E-state index in [0.717, 1.165) is 0 Å². The van der Waals surface area contributed by atoms with Crippen molar-refractivity contribution in [2.45, 2.75) is 10.9 Å². The van der Waals surface area contributed by atoms with Crippen LogP contribution in [0, 0.1) is 5.82 Å². The van der Waals surface area contributed by atoms with Crippen LogP contribution in [0.2, 0.25) is 0 Å². The van der Waals surface area contributed by atoms with Gasteiger partial charge in [0.15, 0.2) is 5.82 Å². The van der Waals surface area contributed by atoms with Crippen molar-refractivity contribution in [3.8, 4) is 0 Å². The monoisotopic (exact) mass is 442 g/mol. The SMILES string of the molecule is CN1C(=O)C(c2cccc(F)c2)N(C)c2nc(Nc3ccc(S(N)(=O)=O)cc3)ncc21. The number of hydrogen-bond donors (Lipinski definition) is 2. The van der Waals surface area contributed by atoms with Gasteiger partial charge in [-0.2, -0.15) is 4.98 Å². The molecule has 0 aliphatic carbocycles. The molecule has 0 spiro atoms. The van der Waals surface area contributed by atoms with Gasteiger partial charge in [0, 0.05) is 19.8 Å². The molecule has 3 aromatic rings. The van der Waals surface area contributed by atoms with Crippen molar-refractivity contribution in [1.82, 2.24) is 9.97 Å². The Morgan fingerprint density at radius 2 is 1.84 bits per heavy atom. The van der Waals surface area contributed by atoms with Gasteiger partial charge in [-0.3, -0.25) is 4.79 Å². The van der Waals surface area contributed by atoms with Crippen molar-refractivity contribution in [1.29, 1.82) is 0 Å². The lowest BCUT2D eigenvalue weighted by atomic mass is 10.0. The van der Waals surface area contributed by atoms with E-state index in [0.29, 0.717) is 22.8 Å². The predicted octanol–water partition coefficient (Wildman–Crippen LogP) is 2.16. The van der Waals surface area contributed by atoms with Crippen LogP contribution >= 0.6 is 0 Å². The zero-order valence-corrected chi connectivity index (χ0v) is 17.5. The third-order valence-corrected chi connectivity index (χ3v) is 5.93. The summed E-state index contributed by atoms with van der Waals surface area (Å²) in [4.78, 5) is 24.8. The number of hydrogen-bond acceptors (Lipinski definition) is 7. The molecule has 1 aliphatic heterocycles. The quantitative estimate of drug-likeness (QED) is 0.635. The number of likely N-dealkylation sites (N-methyl/N-ethyl adjacent to an activating group) is 2. The third kappa shape index (κ3) is 3.92. The number of halogens is 1. The Bertz CT molecular complexity index is 1270. The average Bonchev–Trinajstić information content (AvgIpc) is 2.72. The van der Waals surface area contributed by atoms with Crippen LogP contribution in [0.1, 0.15) is 11.6 Å². The number of nitrogens with two attached hydrogens (primary N) is 1. The number of primary sulfonamides is 1. The van der Waals surface area contributed by atoms with Crippen molar-refractivity contribution in [2.75, 3.05) is 29.2 Å². The molecule has 9 nitrogen and oxygen atoms in total. The second kappa shape index (κ2) is 7.60. The molecule has 0 saturated carbocycles. The number of aromatic nitrogens is 2. The predicted molar refractivity (Wildman–Crippen MR) is 114 cm³/mol. The summed E-state index contributed by atoms with van der Waals surface area (Å²) >= 11 is 0. The number of carbonyl (C=O) groups excluding carboxylic acids is 1. The van der Waals surface area contributed by atoms with Gasteiger partial charge in [0.25, 0.3) is 5.91 Å². The first-order valence-corrected chi connectivity index (χ1v) is 10.7. The van der Waals surface area contributed by atoms with E-state index in [2.05, 4.69) is 15.3 Å². The first-order valence-electron chi connectivity index (χ1n) is 9.18. The Balaban J connectivity index is 1.67. The molecule has 1 unspecified atom stereocenters. The van der Waals surface area contributed by atoms with Crippen LogP contribution < -0.4 is 20.3 Å². The van der Waals surface area contributed by atoms with Crippen LogP contribution in [0.3, 0.4) is 0 Å². The molecule has 4 rings (SSSR count). The molecule has 1 atom stereocenters. The molecule has 0 saturated heterocycles. The van der Waals surface area contributed by atoms with Crippen molar-refractivity contribution in [3.63, 3.8) is 0 Å². The second-order valence-electron chi connectivity index (χ2n) is 7.06. The normalized spacial score (nSPS) is 16.3. The minimum Gasteiger partial charge on any atom is -0.342 e. The van der Waals surface area contributed by atoms with Crippen molar-refractivity contribution >= 4 is 39.1 Å². The molecular formula is C20H19FN6O3S. The Labute approximate surface area is 178 Å². The maximum atomic E-state index is 13.8. The Morgan fingerprint density at radius 1 is 1.13 bits per heavy atom. The summed E-state index contributed by atoms with van der Waals surface area (Å²) in [6, 6.07) is 11.0. The summed E-state index contributed by atoms with van der Waals surface area (Å²) in [5.41, 5.74) is 1.57. The van der Waals surface area contributed by atoms with Gasteiger partial charge in [0.1, 0.15) is 17.5 Å². The standard InChI is InChI=1S/C20H19FN6O3S/c1-26-16-11-23-20(24-14-6-8-15(9-7-14)31(22,29)30)25-18(16)27(2)17(19(26)28)12-4-3-5-13(21)10-12/h3-11,17H,1-2H3,(H2,22,29,30)(H,23,24,25). The van der Waals surface area contributed by atoms with Crippen LogP contribution in [0.5, 0.6) is 0 Å². The lowest BCUT2D eigenvalue weighted by Crippen LogP contribution is -2.45. The second-order valence-corrected chi connectivity index (χ2v) is 8.62. The molecule has 1 aromatic heterocycles. The highest BCUT2D eigenvalue weighted by atomic mass is 32.2. The molecule has 11 heteroatoms.